The van der Waals surface area contributed by atoms with Crippen LogP contribution in [0, 0.1) is 17.0 Å². The van der Waals surface area contributed by atoms with Gasteiger partial charge in [0.05, 0.1) is 39.1 Å². The lowest BCUT2D eigenvalue weighted by Gasteiger charge is -2.51. The van der Waals surface area contributed by atoms with Crippen LogP contribution in [0.5, 0.6) is 17.6 Å². The molecule has 13 heteroatoms. The molecule has 3 unspecified atom stereocenters. The van der Waals surface area contributed by atoms with Gasteiger partial charge < -0.3 is 34.4 Å². The number of nitrogens with zero attached hydrogens (tertiary/aromatic N) is 5. The van der Waals surface area contributed by atoms with Gasteiger partial charge in [0.1, 0.15) is 39.6 Å². The molecule has 2 aromatic heterocycles. The van der Waals surface area contributed by atoms with Gasteiger partial charge in [0.25, 0.3) is 0 Å². The fourth-order valence-electron chi connectivity index (χ4n) is 9.60. The molecule has 2 aromatic carbocycles. The van der Waals surface area contributed by atoms with Crippen LogP contribution in [0.25, 0.3) is 32.9 Å². The summed E-state index contributed by atoms with van der Waals surface area (Å²) in [5.74, 6) is -1.35. The molecule has 4 heterocycles. The van der Waals surface area contributed by atoms with Gasteiger partial charge in [0.15, 0.2) is 5.82 Å². The van der Waals surface area contributed by atoms with Crippen LogP contribution in [0.15, 0.2) is 30.3 Å². The number of piperidine rings is 1. The Hall–Kier alpha value is -3.91. The van der Waals surface area contributed by atoms with E-state index >= 15 is 8.78 Å². The molecule has 0 bridgehead atoms. The summed E-state index contributed by atoms with van der Waals surface area (Å²) in [5, 5.41) is 33.1. The average Bonchev–Trinajstić information content (AvgIpc) is 3.47. The van der Waals surface area contributed by atoms with Crippen LogP contribution in [0.1, 0.15) is 71.6 Å². The SMILES string of the molecule is COc1nc(-c2cc(O)cc3cccc(F)c23)c(F)c2nc(OCC34CCCC3N(C3CCC(C)(O)CC3)CCC4)nc(N3CCOCC(C)(O)C3)c12. The molecule has 4 aromatic rings. The van der Waals surface area contributed by atoms with Gasteiger partial charge >= 0.3 is 6.01 Å². The van der Waals surface area contributed by atoms with E-state index in [9.17, 15) is 15.3 Å². The second kappa shape index (κ2) is 13.7. The van der Waals surface area contributed by atoms with E-state index in [1.165, 1.54) is 31.4 Å². The Morgan fingerprint density at radius 2 is 1.74 bits per heavy atom. The van der Waals surface area contributed by atoms with Crippen molar-refractivity contribution in [3.05, 3.63) is 42.0 Å². The van der Waals surface area contributed by atoms with Crippen molar-refractivity contribution < 1.29 is 38.3 Å². The molecule has 284 valence electrons. The van der Waals surface area contributed by atoms with Crippen LogP contribution >= 0.6 is 0 Å². The van der Waals surface area contributed by atoms with Gasteiger partial charge in [-0.25, -0.2) is 13.8 Å². The number of likely N-dealkylation sites (tertiary alicyclic amines) is 1. The number of phenolic OH excluding ortho intramolecular Hbond substituents is 1. The number of hydrogen-bond acceptors (Lipinski definition) is 11. The van der Waals surface area contributed by atoms with Gasteiger partial charge in [-0.05, 0) is 95.3 Å². The molecule has 0 amide bonds. The normalized spacial score (nSPS) is 29.7. The summed E-state index contributed by atoms with van der Waals surface area (Å²) in [6.45, 7) is 5.85. The highest BCUT2D eigenvalue weighted by molar-refractivity contribution is 6.02. The lowest BCUT2D eigenvalue weighted by Crippen LogP contribution is -2.56. The summed E-state index contributed by atoms with van der Waals surface area (Å²) >= 11 is 0. The summed E-state index contributed by atoms with van der Waals surface area (Å²) in [6, 6.07) is 7.86. The van der Waals surface area contributed by atoms with Crippen LogP contribution in [0.2, 0.25) is 0 Å². The van der Waals surface area contributed by atoms with Gasteiger partial charge in [-0.3, -0.25) is 4.90 Å². The number of ether oxygens (including phenoxy) is 3. The summed E-state index contributed by atoms with van der Waals surface area (Å²) in [7, 11) is 1.40. The zero-order valence-corrected chi connectivity index (χ0v) is 30.7. The molecule has 0 radical (unpaired) electrons. The lowest BCUT2D eigenvalue weighted by atomic mass is 9.73. The number of fused-ring (bicyclic) bond motifs is 3. The molecule has 2 saturated carbocycles. The van der Waals surface area contributed by atoms with Gasteiger partial charge in [-0.2, -0.15) is 9.97 Å². The minimum absolute atomic E-state index is 0.000534. The predicted molar refractivity (Wildman–Crippen MR) is 196 cm³/mol. The number of halogens is 2. The summed E-state index contributed by atoms with van der Waals surface area (Å²) < 4.78 is 50.6. The van der Waals surface area contributed by atoms with Gasteiger partial charge in [0.2, 0.25) is 5.88 Å². The quantitative estimate of drug-likeness (QED) is 0.203. The van der Waals surface area contributed by atoms with Gasteiger partial charge in [-0.15, -0.1) is 0 Å². The maximum absolute atomic E-state index is 17.2. The summed E-state index contributed by atoms with van der Waals surface area (Å²) in [6.07, 6.45) is 8.71. The predicted octanol–water partition coefficient (Wildman–Crippen LogP) is 6.13. The van der Waals surface area contributed by atoms with E-state index < -0.39 is 22.8 Å². The molecule has 2 aliphatic carbocycles. The second-order valence-corrected chi connectivity index (χ2v) is 16.3. The molecule has 2 aliphatic heterocycles. The topological polar surface area (TPSA) is 134 Å². The van der Waals surface area contributed by atoms with Crippen molar-refractivity contribution in [1.29, 1.82) is 0 Å². The first kappa shape index (κ1) is 36.1. The smallest absolute Gasteiger partial charge is 0.319 e. The summed E-state index contributed by atoms with van der Waals surface area (Å²) in [4.78, 5) is 18.6. The standard InChI is InChI=1S/C40H49F2N5O6/c1-38(49)14-10-25(11-15-38)47-16-6-13-40(12-5-9-29(40)47)23-53-37-44-34-31(35(45-37)46-17-18-52-22-39(2,50)21-46)36(51-3)43-33(32(34)42)27-20-26(48)19-24-7-4-8-28(41)30(24)27/h4,7-8,19-20,25,29,48-50H,5-6,9-18,21-23H2,1-3H3. The maximum atomic E-state index is 17.2. The van der Waals surface area contributed by atoms with Gasteiger partial charge in [-0.1, -0.05) is 18.6 Å². The van der Waals surface area contributed by atoms with E-state index in [0.717, 1.165) is 64.3 Å². The second-order valence-electron chi connectivity index (χ2n) is 16.3. The Morgan fingerprint density at radius 1 is 0.943 bits per heavy atom. The number of rotatable bonds is 7. The van der Waals surface area contributed by atoms with Crippen molar-refractivity contribution in [2.24, 2.45) is 5.41 Å². The summed E-state index contributed by atoms with van der Waals surface area (Å²) in [5.41, 5.74) is -2.30. The zero-order valence-electron chi connectivity index (χ0n) is 30.7. The highest BCUT2D eigenvalue weighted by Crippen LogP contribution is 2.50. The third-order valence-corrected chi connectivity index (χ3v) is 12.2. The third-order valence-electron chi connectivity index (χ3n) is 12.2. The third kappa shape index (κ3) is 6.74. The molecule has 11 nitrogen and oxygen atoms in total. The molecule has 4 aliphatic rings. The van der Waals surface area contributed by atoms with Crippen molar-refractivity contribution in [2.45, 2.75) is 94.9 Å². The fraction of sp³-hybridized carbons (Fsp3) is 0.575. The average molecular weight is 734 g/mol. The van der Waals surface area contributed by atoms with Crippen LogP contribution < -0.4 is 14.4 Å². The van der Waals surface area contributed by atoms with E-state index in [2.05, 4.69) is 14.9 Å². The number of aromatic hydroxyl groups is 1. The fourth-order valence-corrected chi connectivity index (χ4v) is 9.60. The first-order valence-electron chi connectivity index (χ1n) is 18.9. The minimum atomic E-state index is -1.24. The van der Waals surface area contributed by atoms with E-state index in [-0.39, 0.29) is 69.6 Å². The van der Waals surface area contributed by atoms with Crippen LogP contribution in [-0.4, -0.2) is 105 Å². The molecule has 8 rings (SSSR count). The Kier molecular flexibility index (Phi) is 9.36. The lowest BCUT2D eigenvalue weighted by molar-refractivity contribution is -0.0567. The first-order valence-corrected chi connectivity index (χ1v) is 18.9. The van der Waals surface area contributed by atoms with E-state index in [0.29, 0.717) is 37.2 Å². The molecule has 3 N–H and O–H groups in total. The van der Waals surface area contributed by atoms with Crippen molar-refractivity contribution in [1.82, 2.24) is 19.9 Å². The molecular formula is C40H49F2N5O6. The highest BCUT2D eigenvalue weighted by atomic mass is 19.1. The minimum Gasteiger partial charge on any atom is -0.508 e. The number of phenols is 1. The van der Waals surface area contributed by atoms with Gasteiger partial charge in [0, 0.05) is 35.0 Å². The molecule has 4 fully saturated rings. The number of pyridine rings is 1. The number of aromatic nitrogens is 3. The van der Waals surface area contributed by atoms with Crippen molar-refractivity contribution in [2.75, 3.05) is 51.5 Å². The molecule has 53 heavy (non-hydrogen) atoms. The Labute approximate surface area is 307 Å². The number of methoxy groups -OCH3 is 1. The maximum Gasteiger partial charge on any atom is 0.319 e. The van der Waals surface area contributed by atoms with Crippen LogP contribution in [-0.2, 0) is 4.74 Å². The van der Waals surface area contributed by atoms with Crippen molar-refractivity contribution in [3.8, 4) is 28.9 Å². The molecular weight excluding hydrogens is 684 g/mol. The van der Waals surface area contributed by atoms with Crippen molar-refractivity contribution >= 4 is 27.5 Å². The highest BCUT2D eigenvalue weighted by Gasteiger charge is 2.50. The first-order chi connectivity index (χ1) is 25.4. The Bertz CT molecular complexity index is 2020. The van der Waals surface area contributed by atoms with E-state index in [4.69, 9.17) is 19.2 Å². The Balaban J connectivity index is 1.22. The Morgan fingerprint density at radius 3 is 2.53 bits per heavy atom. The van der Waals surface area contributed by atoms with Crippen LogP contribution in [0.3, 0.4) is 0 Å². The largest absolute Gasteiger partial charge is 0.508 e. The van der Waals surface area contributed by atoms with Crippen LogP contribution in [0.4, 0.5) is 14.6 Å². The van der Waals surface area contributed by atoms with Crippen molar-refractivity contribution in [3.63, 3.8) is 0 Å². The zero-order chi connectivity index (χ0) is 37.1. The molecule has 3 atom stereocenters. The number of anilines is 1. The van der Waals surface area contributed by atoms with E-state index in [1.807, 2.05) is 11.8 Å². The number of benzene rings is 2. The van der Waals surface area contributed by atoms with E-state index in [1.54, 1.807) is 13.0 Å². The number of aliphatic hydroxyl groups is 2. The number of β-amino-alcohol motifs (C(OH)–C–C–N with tert-alkyl or cyclic N) is 1. The monoisotopic (exact) mass is 733 g/mol. The number of hydrogen-bond donors (Lipinski definition) is 3. The molecule has 2 saturated heterocycles. The molecule has 0 spiro atoms.